The first-order chi connectivity index (χ1) is 6.09. The summed E-state index contributed by atoms with van der Waals surface area (Å²) in [6.45, 7) is 6.63. The van der Waals surface area contributed by atoms with Crippen LogP contribution in [0.15, 0.2) is 30.5 Å². The Hall–Kier alpha value is -1.24. The minimum absolute atomic E-state index is 0.156. The van der Waals surface area contributed by atoms with Gasteiger partial charge in [-0.1, -0.05) is 6.07 Å². The second-order valence-electron chi connectivity index (χ2n) is 4.34. The fourth-order valence-corrected chi connectivity index (χ4v) is 1.61. The Labute approximate surface area is 79.0 Å². The number of aromatic nitrogens is 1. The molecule has 1 aromatic heterocycles. The van der Waals surface area contributed by atoms with Gasteiger partial charge < -0.3 is 4.57 Å². The van der Waals surface area contributed by atoms with Crippen molar-refractivity contribution in [3.8, 4) is 0 Å². The van der Waals surface area contributed by atoms with Gasteiger partial charge in [0.15, 0.2) is 0 Å². The lowest BCUT2D eigenvalue weighted by atomic mass is 10.1. The second-order valence-corrected chi connectivity index (χ2v) is 4.34. The summed E-state index contributed by atoms with van der Waals surface area (Å²) in [5.74, 6) is 0. The highest BCUT2D eigenvalue weighted by atomic mass is 15.0. The van der Waals surface area contributed by atoms with Crippen LogP contribution in [0.5, 0.6) is 0 Å². The number of fused-ring (bicyclic) bond motifs is 1. The number of benzene rings is 1. The Morgan fingerprint density at radius 2 is 2.00 bits per heavy atom. The fourth-order valence-electron chi connectivity index (χ4n) is 1.61. The van der Waals surface area contributed by atoms with Gasteiger partial charge in [0.2, 0.25) is 0 Å². The summed E-state index contributed by atoms with van der Waals surface area (Å²) in [5.41, 5.74) is 1.44. The standard InChI is InChI=1S/C12H14N/c1-12(2,3)13-9-8-10-6-4-5-7-11(10)13/h5-9H,1-3H3. The van der Waals surface area contributed by atoms with Gasteiger partial charge >= 0.3 is 0 Å². The molecule has 0 bridgehead atoms. The zero-order valence-electron chi connectivity index (χ0n) is 8.33. The summed E-state index contributed by atoms with van der Waals surface area (Å²) in [7, 11) is 0. The monoisotopic (exact) mass is 172 g/mol. The van der Waals surface area contributed by atoms with E-state index in [1.165, 1.54) is 10.9 Å². The van der Waals surface area contributed by atoms with E-state index in [9.17, 15) is 0 Å². The van der Waals surface area contributed by atoms with E-state index in [0.717, 1.165) is 0 Å². The van der Waals surface area contributed by atoms with Gasteiger partial charge in [0.1, 0.15) is 0 Å². The van der Waals surface area contributed by atoms with Crippen LogP contribution in [0.25, 0.3) is 10.9 Å². The molecule has 0 amide bonds. The van der Waals surface area contributed by atoms with E-state index in [2.05, 4.69) is 49.7 Å². The molecule has 1 heterocycles. The molecule has 0 aliphatic rings. The molecule has 0 N–H and O–H groups in total. The van der Waals surface area contributed by atoms with Crippen molar-refractivity contribution in [2.75, 3.05) is 0 Å². The molecule has 67 valence electrons. The Morgan fingerprint density at radius 1 is 1.23 bits per heavy atom. The average Bonchev–Trinajstić information content (AvgIpc) is 2.45. The van der Waals surface area contributed by atoms with Gasteiger partial charge in [0, 0.05) is 22.6 Å². The average molecular weight is 172 g/mol. The maximum Gasteiger partial charge on any atom is 0.0485 e. The number of hydrogen-bond donors (Lipinski definition) is 0. The molecule has 1 nitrogen and oxygen atoms in total. The number of nitrogens with zero attached hydrogens (tertiary/aromatic N) is 1. The Bertz CT molecular complexity index is 418. The van der Waals surface area contributed by atoms with E-state index in [1.54, 1.807) is 0 Å². The van der Waals surface area contributed by atoms with Crippen molar-refractivity contribution < 1.29 is 0 Å². The van der Waals surface area contributed by atoms with E-state index in [-0.39, 0.29) is 5.54 Å². The van der Waals surface area contributed by atoms with Crippen molar-refractivity contribution in [1.82, 2.24) is 4.57 Å². The third-order valence-corrected chi connectivity index (χ3v) is 2.26. The fraction of sp³-hybridized carbons (Fsp3) is 0.333. The summed E-state index contributed by atoms with van der Waals surface area (Å²) in [4.78, 5) is 0. The molecule has 0 fully saturated rings. The van der Waals surface area contributed by atoms with Gasteiger partial charge in [-0.05, 0) is 45.0 Å². The molecule has 2 rings (SSSR count). The van der Waals surface area contributed by atoms with Crippen LogP contribution in [0.2, 0.25) is 0 Å². The van der Waals surface area contributed by atoms with Gasteiger partial charge in [-0.3, -0.25) is 0 Å². The number of rotatable bonds is 0. The third-order valence-electron chi connectivity index (χ3n) is 2.26. The maximum atomic E-state index is 3.09. The van der Waals surface area contributed by atoms with Crippen molar-refractivity contribution in [2.24, 2.45) is 0 Å². The van der Waals surface area contributed by atoms with E-state index in [1.807, 2.05) is 12.1 Å². The summed E-state index contributed by atoms with van der Waals surface area (Å²) >= 11 is 0. The van der Waals surface area contributed by atoms with Crippen LogP contribution in [-0.2, 0) is 5.54 Å². The van der Waals surface area contributed by atoms with Gasteiger partial charge in [0.05, 0.1) is 0 Å². The molecular formula is C12H14N. The predicted molar refractivity (Wildman–Crippen MR) is 55.8 cm³/mol. The van der Waals surface area contributed by atoms with Gasteiger partial charge in [-0.25, -0.2) is 0 Å². The van der Waals surface area contributed by atoms with Crippen molar-refractivity contribution in [2.45, 2.75) is 26.3 Å². The lowest BCUT2D eigenvalue weighted by Crippen LogP contribution is -2.20. The highest BCUT2D eigenvalue weighted by Crippen LogP contribution is 2.22. The summed E-state index contributed by atoms with van der Waals surface area (Å²) in [6.07, 6.45) is 2.14. The first-order valence-electron chi connectivity index (χ1n) is 4.57. The molecule has 0 saturated heterocycles. The molecule has 1 radical (unpaired) electrons. The highest BCUT2D eigenvalue weighted by Gasteiger charge is 2.13. The quantitative estimate of drug-likeness (QED) is 0.575. The normalized spacial score (nSPS) is 12.2. The third kappa shape index (κ3) is 1.35. The zero-order chi connectivity index (χ0) is 9.47. The summed E-state index contributed by atoms with van der Waals surface area (Å²) < 4.78 is 2.29. The molecule has 0 unspecified atom stereocenters. The predicted octanol–water partition coefficient (Wildman–Crippen LogP) is 3.20. The molecule has 0 atom stereocenters. The van der Waals surface area contributed by atoms with Crippen molar-refractivity contribution in [3.05, 3.63) is 36.5 Å². The highest BCUT2D eigenvalue weighted by molar-refractivity contribution is 5.80. The zero-order valence-corrected chi connectivity index (χ0v) is 8.33. The molecule has 0 saturated carbocycles. The summed E-state index contributed by atoms with van der Waals surface area (Å²) in [5, 5.41) is 1.26. The molecule has 13 heavy (non-hydrogen) atoms. The lowest BCUT2D eigenvalue weighted by molar-refractivity contribution is 0.411. The minimum atomic E-state index is 0.156. The SMILES string of the molecule is CC(C)(C)n1ccc2c[c]ccc21. The topological polar surface area (TPSA) is 4.93 Å². The molecule has 0 aliphatic carbocycles. The molecule has 0 aliphatic heterocycles. The van der Waals surface area contributed by atoms with Crippen LogP contribution in [0.4, 0.5) is 0 Å². The Balaban J connectivity index is 2.72. The van der Waals surface area contributed by atoms with Crippen molar-refractivity contribution >= 4 is 10.9 Å². The molecule has 1 heteroatoms. The van der Waals surface area contributed by atoms with E-state index >= 15 is 0 Å². The van der Waals surface area contributed by atoms with Gasteiger partial charge in [-0.15, -0.1) is 0 Å². The van der Waals surface area contributed by atoms with Crippen LogP contribution >= 0.6 is 0 Å². The maximum absolute atomic E-state index is 3.09. The van der Waals surface area contributed by atoms with Crippen LogP contribution in [0.3, 0.4) is 0 Å². The van der Waals surface area contributed by atoms with Crippen LogP contribution in [-0.4, -0.2) is 4.57 Å². The van der Waals surface area contributed by atoms with E-state index < -0.39 is 0 Å². The minimum Gasteiger partial charge on any atom is -0.342 e. The van der Waals surface area contributed by atoms with Gasteiger partial charge in [0.25, 0.3) is 0 Å². The van der Waals surface area contributed by atoms with Crippen LogP contribution in [0.1, 0.15) is 20.8 Å². The van der Waals surface area contributed by atoms with Crippen molar-refractivity contribution in [1.29, 1.82) is 0 Å². The molecule has 1 aromatic carbocycles. The Kier molecular flexibility index (Phi) is 1.69. The Morgan fingerprint density at radius 3 is 2.69 bits per heavy atom. The second kappa shape index (κ2) is 2.63. The van der Waals surface area contributed by atoms with Gasteiger partial charge in [-0.2, -0.15) is 0 Å². The largest absolute Gasteiger partial charge is 0.342 e. The van der Waals surface area contributed by atoms with Crippen molar-refractivity contribution in [3.63, 3.8) is 0 Å². The molecule has 0 spiro atoms. The molecular weight excluding hydrogens is 158 g/mol. The summed E-state index contributed by atoms with van der Waals surface area (Å²) in [6, 6.07) is 11.3. The molecule has 2 aromatic rings. The number of hydrogen-bond acceptors (Lipinski definition) is 0. The van der Waals surface area contributed by atoms with E-state index in [4.69, 9.17) is 0 Å². The first-order valence-corrected chi connectivity index (χ1v) is 4.57. The van der Waals surface area contributed by atoms with E-state index in [0.29, 0.717) is 0 Å². The smallest absolute Gasteiger partial charge is 0.0485 e. The first kappa shape index (κ1) is 8.36. The van der Waals surface area contributed by atoms with Crippen LogP contribution < -0.4 is 0 Å². The van der Waals surface area contributed by atoms with Crippen LogP contribution in [0, 0.1) is 6.07 Å². The lowest BCUT2D eigenvalue weighted by Gasteiger charge is -2.22.